The minimum absolute atomic E-state index is 0.0588. The summed E-state index contributed by atoms with van der Waals surface area (Å²) in [4.78, 5) is 15.8. The van der Waals surface area contributed by atoms with Crippen LogP contribution in [0.3, 0.4) is 0 Å². The molecule has 0 aliphatic rings. The number of hydrogen-bond acceptors (Lipinski definition) is 4. The largest absolute Gasteiger partial charge is 0.508 e. The molecule has 0 aliphatic heterocycles. The molecule has 0 amide bonds. The highest BCUT2D eigenvalue weighted by Gasteiger charge is 2.12. The van der Waals surface area contributed by atoms with E-state index in [9.17, 15) is 14.3 Å². The molecule has 0 spiro atoms. The Kier molecular flexibility index (Phi) is 3.03. The van der Waals surface area contributed by atoms with E-state index < -0.39 is 11.5 Å². The van der Waals surface area contributed by atoms with Gasteiger partial charge >= 0.3 is 5.69 Å². The molecule has 1 heterocycles. The van der Waals surface area contributed by atoms with E-state index in [1.165, 1.54) is 12.1 Å². The molecule has 0 bridgehead atoms. The highest BCUT2D eigenvalue weighted by atomic mass is 35.5. The van der Waals surface area contributed by atoms with Crippen LogP contribution in [0.5, 0.6) is 5.75 Å². The first-order valence-corrected chi connectivity index (χ1v) is 6.31. The normalized spacial score (nSPS) is 11.0. The van der Waals surface area contributed by atoms with E-state index in [4.69, 9.17) is 17.3 Å². The molecule has 21 heavy (non-hydrogen) atoms. The third-order valence-corrected chi connectivity index (χ3v) is 3.24. The van der Waals surface area contributed by atoms with Crippen molar-refractivity contribution < 1.29 is 9.50 Å². The van der Waals surface area contributed by atoms with Crippen molar-refractivity contribution in [1.82, 2.24) is 9.55 Å². The first-order chi connectivity index (χ1) is 9.95. The van der Waals surface area contributed by atoms with E-state index in [0.29, 0.717) is 15.9 Å². The summed E-state index contributed by atoms with van der Waals surface area (Å²) in [5, 5.41) is 10.4. The van der Waals surface area contributed by atoms with Crippen molar-refractivity contribution >= 4 is 28.3 Å². The first-order valence-electron chi connectivity index (χ1n) is 5.93. The summed E-state index contributed by atoms with van der Waals surface area (Å²) < 4.78 is 14.6. The smallest absolute Gasteiger partial charge is 0.354 e. The summed E-state index contributed by atoms with van der Waals surface area (Å²) >= 11 is 5.95. The van der Waals surface area contributed by atoms with Gasteiger partial charge < -0.3 is 10.8 Å². The van der Waals surface area contributed by atoms with Gasteiger partial charge in [-0.15, -0.1) is 0 Å². The lowest BCUT2D eigenvalue weighted by atomic mass is 10.2. The van der Waals surface area contributed by atoms with Crippen LogP contribution in [0.4, 0.5) is 10.2 Å². The number of aromatic hydroxyl groups is 1. The number of benzene rings is 2. The summed E-state index contributed by atoms with van der Waals surface area (Å²) in [7, 11) is 0. The van der Waals surface area contributed by atoms with Crippen molar-refractivity contribution in [3.8, 4) is 11.4 Å². The van der Waals surface area contributed by atoms with Gasteiger partial charge in [0.15, 0.2) is 0 Å². The predicted molar refractivity (Wildman–Crippen MR) is 78.4 cm³/mol. The van der Waals surface area contributed by atoms with Gasteiger partial charge in [0.2, 0.25) is 0 Å². The van der Waals surface area contributed by atoms with Gasteiger partial charge in [0.25, 0.3) is 0 Å². The third-order valence-electron chi connectivity index (χ3n) is 3.01. The number of nitrogens with two attached hydrogens (primary N) is 1. The monoisotopic (exact) mass is 305 g/mol. The Hall–Kier alpha value is -2.60. The Morgan fingerprint density at radius 1 is 1.24 bits per heavy atom. The van der Waals surface area contributed by atoms with Crippen LogP contribution in [-0.4, -0.2) is 14.7 Å². The van der Waals surface area contributed by atoms with Crippen LogP contribution in [0.25, 0.3) is 16.6 Å². The number of phenolic OH excluding ortho intramolecular Hbond substituents is 1. The van der Waals surface area contributed by atoms with Crippen LogP contribution in [0.1, 0.15) is 0 Å². The maximum Gasteiger partial charge on any atom is 0.354 e. The van der Waals surface area contributed by atoms with Crippen molar-refractivity contribution in [1.29, 1.82) is 0 Å². The van der Waals surface area contributed by atoms with E-state index in [-0.39, 0.29) is 17.3 Å². The van der Waals surface area contributed by atoms with E-state index in [2.05, 4.69) is 4.98 Å². The molecule has 0 aliphatic carbocycles. The summed E-state index contributed by atoms with van der Waals surface area (Å²) in [5.74, 6) is -0.920. The number of fused-ring (bicyclic) bond motifs is 1. The first kappa shape index (κ1) is 13.4. The highest BCUT2D eigenvalue weighted by molar-refractivity contribution is 6.31. The number of nitrogens with zero attached hydrogens (tertiary/aromatic N) is 2. The fourth-order valence-corrected chi connectivity index (χ4v) is 2.33. The second-order valence-corrected chi connectivity index (χ2v) is 4.88. The van der Waals surface area contributed by atoms with Gasteiger partial charge in [0.1, 0.15) is 17.4 Å². The van der Waals surface area contributed by atoms with Crippen LogP contribution in [0, 0.1) is 5.82 Å². The molecule has 7 heteroatoms. The van der Waals surface area contributed by atoms with E-state index in [0.717, 1.165) is 16.7 Å². The lowest BCUT2D eigenvalue weighted by Crippen LogP contribution is -2.23. The maximum absolute atomic E-state index is 13.5. The molecule has 2 aromatic carbocycles. The zero-order valence-electron chi connectivity index (χ0n) is 10.5. The van der Waals surface area contributed by atoms with Gasteiger partial charge in [-0.25, -0.2) is 9.18 Å². The maximum atomic E-state index is 13.5. The van der Waals surface area contributed by atoms with Crippen molar-refractivity contribution in [2.45, 2.75) is 0 Å². The number of aromatic nitrogens is 2. The Morgan fingerprint density at radius 2 is 2.00 bits per heavy atom. The van der Waals surface area contributed by atoms with Gasteiger partial charge in [-0.2, -0.15) is 4.98 Å². The van der Waals surface area contributed by atoms with Crippen LogP contribution in [0.2, 0.25) is 5.02 Å². The Balaban J connectivity index is 2.46. The lowest BCUT2D eigenvalue weighted by molar-refractivity contribution is 0.468. The zero-order chi connectivity index (χ0) is 15.1. The number of halogens is 2. The molecule has 3 aromatic rings. The lowest BCUT2D eigenvalue weighted by Gasteiger charge is -2.11. The average Bonchev–Trinajstić information content (AvgIpc) is 2.36. The van der Waals surface area contributed by atoms with E-state index >= 15 is 0 Å². The molecule has 3 rings (SSSR count). The standard InChI is InChI=1S/C14H9ClFN3O2/c15-7-1-2-11-12(3-7)19(14(21)18-13(11)17)9-4-8(16)5-10(20)6-9/h1-6,20H,(H2,17,18,21). The minimum Gasteiger partial charge on any atom is -0.508 e. The predicted octanol–water partition coefficient (Wildman–Crippen LogP) is 2.47. The number of rotatable bonds is 1. The molecule has 0 fully saturated rings. The van der Waals surface area contributed by atoms with Gasteiger partial charge in [-0.1, -0.05) is 11.6 Å². The van der Waals surface area contributed by atoms with E-state index in [1.807, 2.05) is 0 Å². The van der Waals surface area contributed by atoms with Gasteiger partial charge in [0, 0.05) is 22.5 Å². The van der Waals surface area contributed by atoms with Crippen LogP contribution < -0.4 is 11.4 Å². The minimum atomic E-state index is -0.688. The summed E-state index contributed by atoms with van der Waals surface area (Å²) in [5.41, 5.74) is 5.55. The second kappa shape index (κ2) is 4.75. The van der Waals surface area contributed by atoms with E-state index in [1.54, 1.807) is 12.1 Å². The summed E-state index contributed by atoms with van der Waals surface area (Å²) in [6.45, 7) is 0. The molecule has 0 unspecified atom stereocenters. The quantitative estimate of drug-likeness (QED) is 0.723. The molecule has 5 nitrogen and oxygen atoms in total. The highest BCUT2D eigenvalue weighted by Crippen LogP contribution is 2.25. The number of hydrogen-bond donors (Lipinski definition) is 2. The third kappa shape index (κ3) is 2.30. The number of anilines is 1. The molecule has 0 saturated heterocycles. The summed E-state index contributed by atoms with van der Waals surface area (Å²) in [6.07, 6.45) is 0. The summed E-state index contributed by atoms with van der Waals surface area (Å²) in [6, 6.07) is 8.06. The number of nitrogen functional groups attached to an aromatic ring is 1. The molecule has 106 valence electrons. The Bertz CT molecular complexity index is 904. The fraction of sp³-hybridized carbons (Fsp3) is 0. The molecule has 0 saturated carbocycles. The molecular formula is C14H9ClFN3O2. The molecule has 0 atom stereocenters. The SMILES string of the molecule is Nc1nc(=O)n(-c2cc(O)cc(F)c2)c2cc(Cl)ccc12. The molecular weight excluding hydrogens is 297 g/mol. The number of phenols is 1. The van der Waals surface area contributed by atoms with Crippen molar-refractivity contribution in [3.63, 3.8) is 0 Å². The second-order valence-electron chi connectivity index (χ2n) is 4.44. The fourth-order valence-electron chi connectivity index (χ4n) is 2.16. The van der Waals surface area contributed by atoms with Gasteiger partial charge in [0.05, 0.1) is 11.2 Å². The Morgan fingerprint density at radius 3 is 2.71 bits per heavy atom. The van der Waals surface area contributed by atoms with Crippen molar-refractivity contribution in [3.05, 3.63) is 57.7 Å². The van der Waals surface area contributed by atoms with Crippen molar-refractivity contribution in [2.24, 2.45) is 0 Å². The average molecular weight is 306 g/mol. The molecule has 1 aromatic heterocycles. The van der Waals surface area contributed by atoms with Gasteiger partial charge in [-0.3, -0.25) is 4.57 Å². The zero-order valence-corrected chi connectivity index (χ0v) is 11.3. The Labute approximate surface area is 123 Å². The van der Waals surface area contributed by atoms with Gasteiger partial charge in [-0.05, 0) is 24.3 Å². The van der Waals surface area contributed by atoms with Crippen LogP contribution in [-0.2, 0) is 0 Å². The molecule has 0 radical (unpaired) electrons. The van der Waals surface area contributed by atoms with Crippen LogP contribution in [0.15, 0.2) is 41.2 Å². The van der Waals surface area contributed by atoms with Crippen LogP contribution >= 0.6 is 11.6 Å². The van der Waals surface area contributed by atoms with Crippen molar-refractivity contribution in [2.75, 3.05) is 5.73 Å². The molecule has 3 N–H and O–H groups in total. The topological polar surface area (TPSA) is 81.1 Å².